The Bertz CT molecular complexity index is 539. The van der Waals surface area contributed by atoms with Crippen molar-refractivity contribution in [1.29, 1.82) is 0 Å². The smallest absolute Gasteiger partial charge is 0.329 e. The van der Waals surface area contributed by atoms with E-state index < -0.39 is 18.0 Å². The summed E-state index contributed by atoms with van der Waals surface area (Å²) < 4.78 is 10.3. The normalized spacial score (nSPS) is 19.7. The summed E-state index contributed by atoms with van der Waals surface area (Å²) in [6.45, 7) is 6.04. The highest BCUT2D eigenvalue weighted by Gasteiger charge is 2.34. The molecule has 0 saturated heterocycles. The van der Waals surface area contributed by atoms with Crippen LogP contribution >= 0.6 is 11.8 Å². The average Bonchev–Trinajstić information content (AvgIpc) is 3.09. The van der Waals surface area contributed by atoms with E-state index in [4.69, 9.17) is 9.47 Å². The number of ether oxygens (including phenoxy) is 2. The van der Waals surface area contributed by atoms with Crippen LogP contribution in [0.25, 0.3) is 0 Å². The standard InChI is InChI=1S/C20H33NO6S/c1-4-6-10-26-18(23)13-17(20(25)27-11-7-5-2)21-19(24)15-8-9-16(12-15)28-14(3)22/h15-17H,4-13H2,1-3H3,(H,21,24)/t15?,16?,17-/m0/s1. The zero-order chi connectivity index (χ0) is 20.9. The molecule has 1 N–H and O–H groups in total. The molecule has 8 heteroatoms. The molecule has 2 unspecified atom stereocenters. The first-order valence-electron chi connectivity index (χ1n) is 10.2. The van der Waals surface area contributed by atoms with Crippen LogP contribution in [0.5, 0.6) is 0 Å². The first-order valence-corrected chi connectivity index (χ1v) is 11.0. The number of carbonyl (C=O) groups is 4. The number of hydrogen-bond acceptors (Lipinski definition) is 7. The number of unbranched alkanes of at least 4 members (excludes halogenated alkanes) is 2. The number of nitrogens with one attached hydrogen (secondary N) is 1. The van der Waals surface area contributed by atoms with E-state index in [1.165, 1.54) is 18.7 Å². The van der Waals surface area contributed by atoms with Crippen LogP contribution in [0.15, 0.2) is 0 Å². The van der Waals surface area contributed by atoms with Gasteiger partial charge in [0.15, 0.2) is 5.12 Å². The molecule has 0 aromatic heterocycles. The lowest BCUT2D eigenvalue weighted by molar-refractivity contribution is -0.154. The molecule has 0 aromatic rings. The molecule has 0 aromatic carbocycles. The van der Waals surface area contributed by atoms with Gasteiger partial charge in [-0.05, 0) is 32.1 Å². The van der Waals surface area contributed by atoms with Crippen LogP contribution in [0.2, 0.25) is 0 Å². The Kier molecular flexibility index (Phi) is 11.9. The molecule has 1 fully saturated rings. The second-order valence-corrected chi connectivity index (χ2v) is 8.58. The second-order valence-electron chi connectivity index (χ2n) is 7.10. The lowest BCUT2D eigenvalue weighted by Gasteiger charge is -2.19. The zero-order valence-corrected chi connectivity index (χ0v) is 18.0. The fraction of sp³-hybridized carbons (Fsp3) is 0.800. The topological polar surface area (TPSA) is 98.8 Å². The summed E-state index contributed by atoms with van der Waals surface area (Å²) in [5, 5.41) is 2.84. The molecule has 28 heavy (non-hydrogen) atoms. The predicted molar refractivity (Wildman–Crippen MR) is 108 cm³/mol. The molecular weight excluding hydrogens is 382 g/mol. The van der Waals surface area contributed by atoms with Gasteiger partial charge >= 0.3 is 11.9 Å². The van der Waals surface area contributed by atoms with Crippen molar-refractivity contribution in [2.24, 2.45) is 5.92 Å². The third-order valence-corrected chi connectivity index (χ3v) is 5.66. The minimum Gasteiger partial charge on any atom is -0.466 e. The average molecular weight is 416 g/mol. The quantitative estimate of drug-likeness (QED) is 0.386. The zero-order valence-electron chi connectivity index (χ0n) is 17.2. The summed E-state index contributed by atoms with van der Waals surface area (Å²) in [5.74, 6) is -1.67. The van der Waals surface area contributed by atoms with Gasteiger partial charge in [-0.15, -0.1) is 0 Å². The Balaban J connectivity index is 2.62. The van der Waals surface area contributed by atoms with Gasteiger partial charge in [0.05, 0.1) is 19.6 Å². The van der Waals surface area contributed by atoms with Gasteiger partial charge in [-0.25, -0.2) is 4.79 Å². The highest BCUT2D eigenvalue weighted by Crippen LogP contribution is 2.34. The summed E-state index contributed by atoms with van der Waals surface area (Å²) in [6.07, 6.45) is 5.05. The summed E-state index contributed by atoms with van der Waals surface area (Å²) in [4.78, 5) is 48.2. The molecule has 0 bridgehead atoms. The van der Waals surface area contributed by atoms with Crippen molar-refractivity contribution in [3.8, 4) is 0 Å². The van der Waals surface area contributed by atoms with E-state index in [9.17, 15) is 19.2 Å². The molecule has 1 rings (SSSR count). The molecule has 1 amide bonds. The van der Waals surface area contributed by atoms with Crippen LogP contribution < -0.4 is 5.32 Å². The number of thioether (sulfide) groups is 1. The SMILES string of the molecule is CCCCOC(=O)C[C@H](NC(=O)C1CCC(SC(C)=O)C1)C(=O)OCCCC. The van der Waals surface area contributed by atoms with Gasteiger partial charge in [-0.2, -0.15) is 0 Å². The monoisotopic (exact) mass is 415 g/mol. The summed E-state index contributed by atoms with van der Waals surface area (Å²) in [5.41, 5.74) is 0. The molecule has 1 saturated carbocycles. The molecular formula is C20H33NO6S. The number of amides is 1. The molecule has 0 heterocycles. The number of carbonyl (C=O) groups excluding carboxylic acids is 4. The molecule has 0 aliphatic heterocycles. The summed E-state index contributed by atoms with van der Waals surface area (Å²) >= 11 is 1.26. The maximum absolute atomic E-state index is 12.6. The highest BCUT2D eigenvalue weighted by molar-refractivity contribution is 8.14. The lowest BCUT2D eigenvalue weighted by Crippen LogP contribution is -2.45. The second kappa shape index (κ2) is 13.6. The maximum atomic E-state index is 12.6. The van der Waals surface area contributed by atoms with Crippen LogP contribution in [0.4, 0.5) is 0 Å². The minimum atomic E-state index is -1.04. The van der Waals surface area contributed by atoms with Crippen LogP contribution in [-0.2, 0) is 28.7 Å². The Hall–Kier alpha value is -1.57. The third-order valence-electron chi connectivity index (χ3n) is 4.56. The van der Waals surface area contributed by atoms with Crippen LogP contribution in [0.1, 0.15) is 72.1 Å². The molecule has 0 spiro atoms. The molecule has 1 aliphatic rings. The Morgan fingerprint density at radius 1 is 1.04 bits per heavy atom. The molecule has 160 valence electrons. The van der Waals surface area contributed by atoms with Crippen LogP contribution in [-0.4, -0.2) is 47.5 Å². The van der Waals surface area contributed by atoms with E-state index in [1.54, 1.807) is 0 Å². The third kappa shape index (κ3) is 9.57. The van der Waals surface area contributed by atoms with Crippen molar-refractivity contribution in [2.75, 3.05) is 13.2 Å². The highest BCUT2D eigenvalue weighted by atomic mass is 32.2. The van der Waals surface area contributed by atoms with E-state index in [0.29, 0.717) is 19.4 Å². The van der Waals surface area contributed by atoms with Crippen LogP contribution in [0, 0.1) is 5.92 Å². The van der Waals surface area contributed by atoms with Gasteiger partial charge < -0.3 is 14.8 Å². The fourth-order valence-corrected chi connectivity index (χ4v) is 4.03. The van der Waals surface area contributed by atoms with Crippen molar-refractivity contribution < 1.29 is 28.7 Å². The molecule has 0 radical (unpaired) electrons. The van der Waals surface area contributed by atoms with E-state index in [1.807, 2.05) is 13.8 Å². The Morgan fingerprint density at radius 3 is 2.29 bits per heavy atom. The van der Waals surface area contributed by atoms with E-state index in [0.717, 1.165) is 32.1 Å². The van der Waals surface area contributed by atoms with Gasteiger partial charge in [0.25, 0.3) is 0 Å². The van der Waals surface area contributed by atoms with Gasteiger partial charge in [0, 0.05) is 18.1 Å². The molecule has 3 atom stereocenters. The van der Waals surface area contributed by atoms with Gasteiger partial charge in [-0.1, -0.05) is 38.5 Å². The van der Waals surface area contributed by atoms with Crippen molar-refractivity contribution in [3.05, 3.63) is 0 Å². The maximum Gasteiger partial charge on any atom is 0.329 e. The first kappa shape index (κ1) is 24.5. The van der Waals surface area contributed by atoms with E-state index >= 15 is 0 Å². The van der Waals surface area contributed by atoms with Crippen LogP contribution in [0.3, 0.4) is 0 Å². The van der Waals surface area contributed by atoms with E-state index in [2.05, 4.69) is 5.32 Å². The molecule has 1 aliphatic carbocycles. The molecule has 7 nitrogen and oxygen atoms in total. The largest absolute Gasteiger partial charge is 0.466 e. The van der Waals surface area contributed by atoms with Crippen molar-refractivity contribution in [2.45, 2.75) is 83.4 Å². The summed E-state index contributed by atoms with van der Waals surface area (Å²) in [6, 6.07) is -1.04. The lowest BCUT2D eigenvalue weighted by atomic mass is 10.1. The van der Waals surface area contributed by atoms with E-state index in [-0.39, 0.29) is 35.2 Å². The van der Waals surface area contributed by atoms with Crippen molar-refractivity contribution in [1.82, 2.24) is 5.32 Å². The first-order chi connectivity index (χ1) is 13.4. The Morgan fingerprint density at radius 2 is 1.68 bits per heavy atom. The number of rotatable bonds is 12. The Labute approximate surface area is 171 Å². The summed E-state index contributed by atoms with van der Waals surface area (Å²) in [7, 11) is 0. The van der Waals surface area contributed by atoms with Gasteiger partial charge in [-0.3, -0.25) is 14.4 Å². The van der Waals surface area contributed by atoms with Gasteiger partial charge in [0.1, 0.15) is 6.04 Å². The minimum absolute atomic E-state index is 0.0401. The van der Waals surface area contributed by atoms with Crippen molar-refractivity contribution >= 4 is 34.7 Å². The fourth-order valence-electron chi connectivity index (χ4n) is 2.98. The number of esters is 2. The number of hydrogen-bond donors (Lipinski definition) is 1. The van der Waals surface area contributed by atoms with Crippen molar-refractivity contribution in [3.63, 3.8) is 0 Å². The predicted octanol–water partition coefficient (Wildman–Crippen LogP) is 3.00. The van der Waals surface area contributed by atoms with Gasteiger partial charge in [0.2, 0.25) is 5.91 Å².